The Labute approximate surface area is 376 Å². The molecule has 1 saturated heterocycles. The van der Waals surface area contributed by atoms with Crippen LogP contribution >= 0.6 is 23.4 Å². The average Bonchev–Trinajstić information content (AvgIpc) is 3.25. The number of nitrogens with zero attached hydrogens (tertiary/aromatic N) is 5. The van der Waals surface area contributed by atoms with Crippen LogP contribution in [0.15, 0.2) is 112 Å². The minimum atomic E-state index is -6.02. The number of likely N-dealkylation sites (tertiary alicyclic amines) is 1. The quantitative estimate of drug-likeness (QED) is 0.0730. The van der Waals surface area contributed by atoms with Crippen LogP contribution < -0.4 is 10.0 Å². The molecule has 1 fully saturated rings. The Morgan fingerprint density at radius 1 is 0.952 bits per heavy atom. The summed E-state index contributed by atoms with van der Waals surface area (Å²) in [5.74, 6) is -0.0485. The normalized spacial score (nSPS) is 16.9. The van der Waals surface area contributed by atoms with Crippen molar-refractivity contribution in [3.8, 4) is 11.1 Å². The monoisotopic (exact) mass is 946 g/mol. The van der Waals surface area contributed by atoms with Crippen LogP contribution in [0.2, 0.25) is 5.02 Å². The maximum Gasteiger partial charge on any atom is 0.501 e. The highest BCUT2D eigenvalue weighted by Crippen LogP contribution is 2.38. The van der Waals surface area contributed by atoms with Crippen molar-refractivity contribution in [2.45, 2.75) is 71.0 Å². The van der Waals surface area contributed by atoms with Crippen LogP contribution in [0.25, 0.3) is 11.1 Å². The van der Waals surface area contributed by atoms with E-state index in [1.54, 1.807) is 18.2 Å². The van der Waals surface area contributed by atoms with Crippen LogP contribution in [0, 0.1) is 5.82 Å². The van der Waals surface area contributed by atoms with E-state index in [2.05, 4.69) is 24.9 Å². The summed E-state index contributed by atoms with van der Waals surface area (Å²) >= 11 is 7.55. The molecule has 0 amide bonds. The lowest BCUT2D eigenvalue weighted by atomic mass is 9.96. The van der Waals surface area contributed by atoms with Crippen LogP contribution in [0.1, 0.15) is 37.5 Å². The molecular formula is C44H48ClF4N7O4S3. The molecule has 0 radical (unpaired) electrons. The average molecular weight is 948 g/mol. The Morgan fingerprint density at radius 2 is 1.68 bits per heavy atom. The Kier molecular flexibility index (Phi) is 14.3. The zero-order chi connectivity index (χ0) is 45.9. The van der Waals surface area contributed by atoms with Gasteiger partial charge in [0.15, 0.2) is 0 Å². The van der Waals surface area contributed by atoms with E-state index in [0.717, 1.165) is 33.7 Å². The molecule has 4 aromatic carbocycles. The lowest BCUT2D eigenvalue weighted by Crippen LogP contribution is -2.46. The minimum absolute atomic E-state index is 0.0887. The van der Waals surface area contributed by atoms with Gasteiger partial charge in [-0.25, -0.2) is 31.2 Å². The molecule has 19 heteroatoms. The molecule has 1 aromatic heterocycles. The van der Waals surface area contributed by atoms with Crippen molar-refractivity contribution in [3.05, 3.63) is 125 Å². The molecule has 2 N–H and O–H groups in total. The number of rotatable bonds is 16. The third kappa shape index (κ3) is 11.5. The standard InChI is InChI=1S/C44H48ClF4N7O4S3/c1-54(2)20-16-34(28-61-36-6-4-3-5-7-36)52-40-15-13-37(25-42(40)62(57,58)44(47,48)49)63(59,60)53-43-39-19-23-56(27-41(39)50-29-51-43)35-17-21-55(22-18-35)26-31-24-33(46)12-14-38(31)30-8-10-32(45)11-9-30/h3-15,24-25,29,34-35,52H,16-23,26-28H2,1-2H3,(H,50,51,53)/t34-/m1/s1/i35D. The molecule has 5 aromatic rings. The summed E-state index contributed by atoms with van der Waals surface area (Å²) in [7, 11) is -7.03. The van der Waals surface area contributed by atoms with Gasteiger partial charge in [0.1, 0.15) is 22.9 Å². The number of piperidine rings is 1. The topological polar surface area (TPSA) is 128 Å². The molecule has 0 aliphatic carbocycles. The maximum absolute atomic E-state index is 14.4. The van der Waals surface area contributed by atoms with Gasteiger partial charge >= 0.3 is 5.51 Å². The molecule has 2 aliphatic rings. The van der Waals surface area contributed by atoms with Gasteiger partial charge in [-0.1, -0.05) is 48.0 Å². The van der Waals surface area contributed by atoms with Gasteiger partial charge in [-0.3, -0.25) is 14.5 Å². The number of hydrogen-bond donors (Lipinski definition) is 2. The van der Waals surface area contributed by atoms with Gasteiger partial charge in [0.25, 0.3) is 19.9 Å². The zero-order valence-corrected chi connectivity index (χ0v) is 37.8. The zero-order valence-electron chi connectivity index (χ0n) is 35.6. The highest BCUT2D eigenvalue weighted by Gasteiger charge is 2.48. The van der Waals surface area contributed by atoms with E-state index in [0.29, 0.717) is 80.1 Å². The van der Waals surface area contributed by atoms with E-state index in [1.807, 2.05) is 66.4 Å². The van der Waals surface area contributed by atoms with Gasteiger partial charge in [-0.05, 0) is 131 Å². The number of benzene rings is 4. The first-order valence-electron chi connectivity index (χ1n) is 20.7. The summed E-state index contributed by atoms with van der Waals surface area (Å²) < 4.78 is 123. The number of halogens is 5. The molecule has 7 rings (SSSR count). The smallest absolute Gasteiger partial charge is 0.380 e. The van der Waals surface area contributed by atoms with Crippen molar-refractivity contribution in [2.24, 2.45) is 0 Å². The van der Waals surface area contributed by atoms with Gasteiger partial charge in [0.2, 0.25) is 0 Å². The molecule has 0 saturated carbocycles. The number of alkyl halides is 3. The van der Waals surface area contributed by atoms with Gasteiger partial charge in [0, 0.05) is 54.3 Å². The highest BCUT2D eigenvalue weighted by molar-refractivity contribution is 7.99. The molecule has 3 heterocycles. The third-order valence-electron chi connectivity index (χ3n) is 11.1. The number of nitrogens with one attached hydrogen (secondary N) is 2. The van der Waals surface area contributed by atoms with Crippen LogP contribution in [-0.4, -0.2) is 105 Å². The van der Waals surface area contributed by atoms with Crippen molar-refractivity contribution < 1.29 is 35.8 Å². The first-order valence-corrected chi connectivity index (χ1v) is 24.6. The fourth-order valence-electron chi connectivity index (χ4n) is 7.71. The van der Waals surface area contributed by atoms with E-state index in [1.165, 1.54) is 30.2 Å². The molecular weight excluding hydrogens is 898 g/mol. The summed E-state index contributed by atoms with van der Waals surface area (Å²) in [4.78, 5) is 13.7. The Balaban J connectivity index is 1.06. The van der Waals surface area contributed by atoms with Gasteiger partial charge in [0.05, 0.1) is 16.3 Å². The molecule has 0 spiro atoms. The highest BCUT2D eigenvalue weighted by atomic mass is 35.5. The van der Waals surface area contributed by atoms with Gasteiger partial charge in [-0.15, -0.1) is 11.8 Å². The van der Waals surface area contributed by atoms with Gasteiger partial charge < -0.3 is 10.2 Å². The predicted molar refractivity (Wildman–Crippen MR) is 240 cm³/mol. The third-order valence-corrected chi connectivity index (χ3v) is 15.4. The first kappa shape index (κ1) is 45.3. The second-order valence-corrected chi connectivity index (χ2v) is 20.9. The van der Waals surface area contributed by atoms with E-state index < -0.39 is 47.2 Å². The Hall–Kier alpha value is -4.30. The van der Waals surface area contributed by atoms with Crippen LogP contribution in [0.4, 0.5) is 29.1 Å². The van der Waals surface area contributed by atoms with E-state index in [9.17, 15) is 35.8 Å². The van der Waals surface area contributed by atoms with Crippen molar-refractivity contribution >= 4 is 54.7 Å². The molecule has 2 aliphatic heterocycles. The lowest BCUT2D eigenvalue weighted by Gasteiger charge is -2.40. The van der Waals surface area contributed by atoms with Crippen molar-refractivity contribution in [3.63, 3.8) is 0 Å². The number of sulfonamides is 1. The molecule has 0 unspecified atom stereocenters. The number of fused-ring (bicyclic) bond motifs is 1. The SMILES string of the molecule is [2H]C1(N2CCc3c(ncnc3NS(=O)(=O)c3ccc(N[C@H](CCN(C)C)CSc4ccccc4)c(S(=O)(=O)C(F)(F)F)c3)C2)CCN(Cc2cc(F)ccc2-c2ccc(Cl)cc2)CC1. The van der Waals surface area contributed by atoms with E-state index in [4.69, 9.17) is 11.6 Å². The maximum atomic E-state index is 14.4. The van der Waals surface area contributed by atoms with Crippen molar-refractivity contribution in [1.29, 1.82) is 0 Å². The molecule has 336 valence electrons. The van der Waals surface area contributed by atoms with E-state index >= 15 is 0 Å². The molecule has 11 nitrogen and oxygen atoms in total. The van der Waals surface area contributed by atoms with Crippen LogP contribution in [0.5, 0.6) is 0 Å². The molecule has 1 atom stereocenters. The van der Waals surface area contributed by atoms with Crippen LogP contribution in [-0.2, 0) is 39.4 Å². The second-order valence-electron chi connectivity index (χ2n) is 15.7. The second kappa shape index (κ2) is 19.8. The summed E-state index contributed by atoms with van der Waals surface area (Å²) in [6.07, 6.45) is 2.84. The fourth-order valence-corrected chi connectivity index (χ4v) is 10.9. The number of aromatic nitrogens is 2. The molecule has 63 heavy (non-hydrogen) atoms. The van der Waals surface area contributed by atoms with Crippen molar-refractivity contribution in [1.82, 2.24) is 24.7 Å². The predicted octanol–water partition coefficient (Wildman–Crippen LogP) is 8.58. The minimum Gasteiger partial charge on any atom is -0.380 e. The van der Waals surface area contributed by atoms with Crippen molar-refractivity contribution in [2.75, 3.05) is 56.1 Å². The summed E-state index contributed by atoms with van der Waals surface area (Å²) in [5.41, 5.74) is -2.51. The fraction of sp³-hybridized carbons (Fsp3) is 0.364. The number of anilines is 2. The summed E-state index contributed by atoms with van der Waals surface area (Å²) in [6.45, 7) is 2.75. The number of thioether (sulfide) groups is 1. The Bertz CT molecular complexity index is 2660. The summed E-state index contributed by atoms with van der Waals surface area (Å²) in [5, 5.41) is 3.58. The molecule has 0 bridgehead atoms. The number of hydrogen-bond acceptors (Lipinski definition) is 11. The largest absolute Gasteiger partial charge is 0.501 e. The summed E-state index contributed by atoms with van der Waals surface area (Å²) in [6, 6.07) is 22.6. The van der Waals surface area contributed by atoms with Gasteiger partial charge in [-0.2, -0.15) is 13.2 Å². The van der Waals surface area contributed by atoms with Crippen LogP contribution in [0.3, 0.4) is 0 Å². The number of sulfone groups is 1. The first-order chi connectivity index (χ1) is 30.3. The van der Waals surface area contributed by atoms with E-state index in [-0.39, 0.29) is 30.3 Å². The lowest BCUT2D eigenvalue weighted by molar-refractivity contribution is -0.0435. The Morgan fingerprint density at radius 3 is 2.38 bits per heavy atom.